The van der Waals surface area contributed by atoms with Crippen LogP contribution < -0.4 is 5.32 Å². The molecule has 0 fully saturated rings. The Kier molecular flexibility index (Phi) is 3.51. The van der Waals surface area contributed by atoms with Gasteiger partial charge in [-0.05, 0) is 25.0 Å². The van der Waals surface area contributed by atoms with Gasteiger partial charge >= 0.3 is 0 Å². The lowest BCUT2D eigenvalue weighted by Crippen LogP contribution is -2.34. The largest absolute Gasteiger partial charge is 0.390 e. The van der Waals surface area contributed by atoms with E-state index in [1.54, 1.807) is 6.92 Å². The maximum absolute atomic E-state index is 12.2. The van der Waals surface area contributed by atoms with Crippen LogP contribution in [0.3, 0.4) is 0 Å². The van der Waals surface area contributed by atoms with Crippen molar-refractivity contribution in [3.8, 4) is 0 Å². The number of amides is 1. The molecule has 110 valence electrons. The van der Waals surface area contributed by atoms with E-state index in [0.717, 1.165) is 22.4 Å². The van der Waals surface area contributed by atoms with Gasteiger partial charge in [-0.15, -0.1) is 0 Å². The highest BCUT2D eigenvalue weighted by Gasteiger charge is 2.32. The van der Waals surface area contributed by atoms with E-state index in [9.17, 15) is 9.90 Å². The molecule has 0 saturated heterocycles. The molecule has 0 saturated carbocycles. The molecular weight excluding hydrogens is 268 g/mol. The number of aromatic nitrogens is 1. The minimum Gasteiger partial charge on any atom is -0.390 e. The van der Waals surface area contributed by atoms with Crippen molar-refractivity contribution in [3.05, 3.63) is 52.4 Å². The van der Waals surface area contributed by atoms with E-state index in [2.05, 4.69) is 10.5 Å². The zero-order chi connectivity index (χ0) is 15.0. The Hall–Kier alpha value is -2.14. The Bertz CT molecular complexity index is 658. The van der Waals surface area contributed by atoms with Crippen LogP contribution in [0.5, 0.6) is 0 Å². The number of rotatable bonds is 3. The van der Waals surface area contributed by atoms with Crippen molar-refractivity contribution in [2.75, 3.05) is 0 Å². The fourth-order valence-electron chi connectivity index (χ4n) is 2.89. The normalized spacial score (nSPS) is 20.3. The quantitative estimate of drug-likeness (QED) is 0.899. The third-order valence-corrected chi connectivity index (χ3v) is 4.04. The number of carbonyl (C=O) groups excluding carboxylic acids is 1. The summed E-state index contributed by atoms with van der Waals surface area (Å²) in [5.41, 5.74) is 3.63. The number of carbonyl (C=O) groups is 1. The maximum atomic E-state index is 12.2. The van der Waals surface area contributed by atoms with Crippen LogP contribution in [0.25, 0.3) is 0 Å². The molecule has 0 unspecified atom stereocenters. The summed E-state index contributed by atoms with van der Waals surface area (Å²) in [6.45, 7) is 3.61. The Labute approximate surface area is 123 Å². The maximum Gasteiger partial charge on any atom is 0.225 e. The lowest BCUT2D eigenvalue weighted by molar-refractivity contribution is -0.122. The first-order chi connectivity index (χ1) is 10.1. The number of hydrogen-bond donors (Lipinski definition) is 2. The van der Waals surface area contributed by atoms with Crippen LogP contribution in [-0.4, -0.2) is 22.3 Å². The molecule has 21 heavy (non-hydrogen) atoms. The van der Waals surface area contributed by atoms with Gasteiger partial charge in [0.05, 0.1) is 24.3 Å². The summed E-state index contributed by atoms with van der Waals surface area (Å²) in [5.74, 6) is 0.528. The number of nitrogens with one attached hydrogen (secondary N) is 1. The van der Waals surface area contributed by atoms with E-state index < -0.39 is 6.10 Å². The number of aliphatic hydroxyl groups is 1. The minimum absolute atomic E-state index is 0.134. The predicted octanol–water partition coefficient (Wildman–Crippen LogP) is 1.61. The lowest BCUT2D eigenvalue weighted by Gasteiger charge is -2.18. The minimum atomic E-state index is -0.573. The molecule has 0 radical (unpaired) electrons. The SMILES string of the molecule is Cc1noc(C)c1CC(=O)N[C@H]1c2ccccc2C[C@H]1O. The van der Waals surface area contributed by atoms with Crippen molar-refractivity contribution in [2.24, 2.45) is 0 Å². The van der Waals surface area contributed by atoms with Crippen molar-refractivity contribution in [2.45, 2.75) is 38.8 Å². The molecule has 0 spiro atoms. The number of aryl methyl sites for hydroxylation is 2. The third kappa shape index (κ3) is 2.56. The first kappa shape index (κ1) is 13.8. The average Bonchev–Trinajstić information content (AvgIpc) is 2.93. The van der Waals surface area contributed by atoms with Gasteiger partial charge in [0.15, 0.2) is 0 Å². The molecule has 1 heterocycles. The Balaban J connectivity index is 1.74. The van der Waals surface area contributed by atoms with Crippen LogP contribution in [0, 0.1) is 13.8 Å². The molecule has 1 aromatic carbocycles. The van der Waals surface area contributed by atoms with Crippen LogP contribution in [0.1, 0.15) is 34.2 Å². The summed E-state index contributed by atoms with van der Waals surface area (Å²) >= 11 is 0. The average molecular weight is 286 g/mol. The highest BCUT2D eigenvalue weighted by atomic mass is 16.5. The molecule has 0 aliphatic heterocycles. The molecule has 3 rings (SSSR count). The van der Waals surface area contributed by atoms with E-state index in [0.29, 0.717) is 12.2 Å². The third-order valence-electron chi connectivity index (χ3n) is 4.04. The van der Waals surface area contributed by atoms with Gasteiger partial charge in [0, 0.05) is 12.0 Å². The standard InChI is InChI=1S/C16H18N2O3/c1-9-13(10(2)21-18-9)8-15(20)17-16-12-6-4-3-5-11(12)7-14(16)19/h3-6,14,16,19H,7-8H2,1-2H3,(H,17,20)/t14-,16+/m1/s1. The summed E-state index contributed by atoms with van der Waals surface area (Å²) in [4.78, 5) is 12.2. The summed E-state index contributed by atoms with van der Waals surface area (Å²) in [6.07, 6.45) is 0.218. The monoisotopic (exact) mass is 286 g/mol. The van der Waals surface area contributed by atoms with Crippen molar-refractivity contribution >= 4 is 5.91 Å². The van der Waals surface area contributed by atoms with Gasteiger partial charge in [0.1, 0.15) is 5.76 Å². The highest BCUT2D eigenvalue weighted by molar-refractivity contribution is 5.79. The smallest absolute Gasteiger partial charge is 0.225 e. The summed E-state index contributed by atoms with van der Waals surface area (Å²) < 4.78 is 5.06. The molecular formula is C16H18N2O3. The van der Waals surface area contributed by atoms with Crippen LogP contribution in [-0.2, 0) is 17.6 Å². The molecule has 1 aliphatic carbocycles. The van der Waals surface area contributed by atoms with Gasteiger partial charge < -0.3 is 14.9 Å². The molecule has 1 aromatic heterocycles. The zero-order valence-electron chi connectivity index (χ0n) is 12.1. The second-order valence-electron chi connectivity index (χ2n) is 5.49. The Morgan fingerprint density at radius 3 is 2.90 bits per heavy atom. The summed E-state index contributed by atoms with van der Waals surface area (Å²) in [7, 11) is 0. The second kappa shape index (κ2) is 5.33. The summed E-state index contributed by atoms with van der Waals surface area (Å²) in [6, 6.07) is 7.46. The van der Waals surface area contributed by atoms with Gasteiger partial charge in [-0.2, -0.15) is 0 Å². The Morgan fingerprint density at radius 2 is 2.19 bits per heavy atom. The molecule has 1 aliphatic rings. The van der Waals surface area contributed by atoms with E-state index in [1.165, 1.54) is 0 Å². The van der Waals surface area contributed by atoms with E-state index in [-0.39, 0.29) is 18.4 Å². The molecule has 1 amide bonds. The van der Waals surface area contributed by atoms with Crippen LogP contribution >= 0.6 is 0 Å². The van der Waals surface area contributed by atoms with Crippen LogP contribution in [0.4, 0.5) is 0 Å². The van der Waals surface area contributed by atoms with Gasteiger partial charge in [-0.3, -0.25) is 4.79 Å². The molecule has 2 N–H and O–H groups in total. The second-order valence-corrected chi connectivity index (χ2v) is 5.49. The van der Waals surface area contributed by atoms with Crippen LogP contribution in [0.15, 0.2) is 28.8 Å². The lowest BCUT2D eigenvalue weighted by atomic mass is 10.1. The van der Waals surface area contributed by atoms with Gasteiger partial charge in [-0.1, -0.05) is 29.4 Å². The predicted molar refractivity (Wildman–Crippen MR) is 76.7 cm³/mol. The molecule has 2 atom stereocenters. The van der Waals surface area contributed by atoms with E-state index in [1.807, 2.05) is 31.2 Å². The van der Waals surface area contributed by atoms with Crippen molar-refractivity contribution in [1.82, 2.24) is 10.5 Å². The molecule has 5 nitrogen and oxygen atoms in total. The highest BCUT2D eigenvalue weighted by Crippen LogP contribution is 2.31. The van der Waals surface area contributed by atoms with Gasteiger partial charge in [0.25, 0.3) is 0 Å². The zero-order valence-corrected chi connectivity index (χ0v) is 12.1. The molecule has 2 aromatic rings. The van der Waals surface area contributed by atoms with E-state index in [4.69, 9.17) is 4.52 Å². The number of fused-ring (bicyclic) bond motifs is 1. The number of aliphatic hydroxyl groups excluding tert-OH is 1. The number of nitrogens with zero attached hydrogens (tertiary/aromatic N) is 1. The number of benzene rings is 1. The molecule has 5 heteroatoms. The van der Waals surface area contributed by atoms with Gasteiger partial charge in [0.2, 0.25) is 5.91 Å². The molecule has 0 bridgehead atoms. The topological polar surface area (TPSA) is 75.4 Å². The Morgan fingerprint density at radius 1 is 1.43 bits per heavy atom. The van der Waals surface area contributed by atoms with Crippen molar-refractivity contribution in [3.63, 3.8) is 0 Å². The fraction of sp³-hybridized carbons (Fsp3) is 0.375. The van der Waals surface area contributed by atoms with Gasteiger partial charge in [-0.25, -0.2) is 0 Å². The first-order valence-electron chi connectivity index (χ1n) is 7.03. The van der Waals surface area contributed by atoms with Crippen LogP contribution in [0.2, 0.25) is 0 Å². The van der Waals surface area contributed by atoms with E-state index >= 15 is 0 Å². The fourth-order valence-corrected chi connectivity index (χ4v) is 2.89. The summed E-state index contributed by atoms with van der Waals surface area (Å²) in [5, 5.41) is 16.9. The first-order valence-corrected chi connectivity index (χ1v) is 7.03. The van der Waals surface area contributed by atoms with Crippen molar-refractivity contribution < 1.29 is 14.4 Å². The number of hydrogen-bond acceptors (Lipinski definition) is 4. The van der Waals surface area contributed by atoms with Crippen molar-refractivity contribution in [1.29, 1.82) is 0 Å².